The molecule has 0 aliphatic rings. The van der Waals surface area contributed by atoms with Gasteiger partial charge in [-0.25, -0.2) is 9.50 Å². The van der Waals surface area contributed by atoms with Crippen molar-refractivity contribution in [3.8, 4) is 0 Å². The number of pyridine rings is 1. The van der Waals surface area contributed by atoms with Crippen LogP contribution in [-0.2, 0) is 0 Å². The van der Waals surface area contributed by atoms with Gasteiger partial charge in [0, 0.05) is 17.8 Å². The smallest absolute Gasteiger partial charge is 0.240 e. The summed E-state index contributed by atoms with van der Waals surface area (Å²) in [5.74, 6) is 1.34. The second-order valence-electron chi connectivity index (χ2n) is 3.90. The normalized spacial score (nSPS) is 11.8. The summed E-state index contributed by atoms with van der Waals surface area (Å²) >= 11 is 0. The van der Waals surface area contributed by atoms with Crippen molar-refractivity contribution in [2.45, 2.75) is 6.92 Å². The van der Waals surface area contributed by atoms with Gasteiger partial charge < -0.3 is 0 Å². The molecule has 0 unspecified atom stereocenters. The predicted molar refractivity (Wildman–Crippen MR) is 61.8 cm³/mol. The van der Waals surface area contributed by atoms with Gasteiger partial charge in [-0.15, -0.1) is 5.10 Å². The highest BCUT2D eigenvalue weighted by Gasteiger charge is 2.08. The molecule has 0 aliphatic carbocycles. The second kappa shape index (κ2) is 2.79. The first-order valence-corrected chi connectivity index (χ1v) is 5.27. The third-order valence-electron chi connectivity index (χ3n) is 2.83. The first kappa shape index (κ1) is 8.63. The largest absolute Gasteiger partial charge is 0.252 e. The zero-order valence-electron chi connectivity index (χ0n) is 9.07. The Morgan fingerprint density at radius 1 is 1.18 bits per heavy atom. The van der Waals surface area contributed by atoms with Gasteiger partial charge in [-0.05, 0) is 19.1 Å². The van der Waals surface area contributed by atoms with E-state index < -0.39 is 0 Å². The fourth-order valence-corrected chi connectivity index (χ4v) is 2.10. The van der Waals surface area contributed by atoms with Gasteiger partial charge in [0.05, 0.1) is 17.2 Å². The summed E-state index contributed by atoms with van der Waals surface area (Å²) < 4.78 is 3.58. The molecule has 4 aromatic rings. The van der Waals surface area contributed by atoms with Gasteiger partial charge in [0.2, 0.25) is 0 Å². The van der Waals surface area contributed by atoms with Crippen molar-refractivity contribution in [1.29, 1.82) is 0 Å². The number of aryl methyl sites for hydroxylation is 1. The molecule has 4 aromatic heterocycles. The fourth-order valence-electron chi connectivity index (χ4n) is 2.10. The minimum Gasteiger partial charge on any atom is -0.240 e. The summed E-state index contributed by atoms with van der Waals surface area (Å²) in [5, 5.41) is 9.56. The SMILES string of the molecule is Cc1nc2ncc3c4ccnn4ccc3n2n1. The molecule has 0 radical (unpaired) electrons. The van der Waals surface area contributed by atoms with Crippen LogP contribution in [-0.4, -0.2) is 29.2 Å². The van der Waals surface area contributed by atoms with Crippen molar-refractivity contribution in [3.63, 3.8) is 0 Å². The van der Waals surface area contributed by atoms with Crippen molar-refractivity contribution in [1.82, 2.24) is 29.2 Å². The molecule has 0 aromatic carbocycles. The van der Waals surface area contributed by atoms with Gasteiger partial charge in [0.25, 0.3) is 5.78 Å². The van der Waals surface area contributed by atoms with Gasteiger partial charge in [-0.2, -0.15) is 14.6 Å². The number of fused-ring (bicyclic) bond motifs is 5. The Kier molecular flexibility index (Phi) is 1.42. The lowest BCUT2D eigenvalue weighted by atomic mass is 10.2. The topological polar surface area (TPSA) is 60.4 Å². The Balaban J connectivity index is 2.33. The molecular formula is C11H8N6. The van der Waals surface area contributed by atoms with E-state index in [0.29, 0.717) is 5.78 Å². The average Bonchev–Trinajstić information content (AvgIpc) is 2.92. The Bertz CT molecular complexity index is 856. The molecule has 0 N–H and O–H groups in total. The molecule has 0 saturated heterocycles. The third kappa shape index (κ3) is 1.04. The van der Waals surface area contributed by atoms with Crippen LogP contribution in [0.5, 0.6) is 0 Å². The summed E-state index contributed by atoms with van der Waals surface area (Å²) in [5.41, 5.74) is 2.01. The van der Waals surface area contributed by atoms with Crippen LogP contribution in [0, 0.1) is 6.92 Å². The van der Waals surface area contributed by atoms with E-state index in [0.717, 1.165) is 22.2 Å². The van der Waals surface area contributed by atoms with Crippen molar-refractivity contribution < 1.29 is 0 Å². The van der Waals surface area contributed by atoms with Gasteiger partial charge in [0.15, 0.2) is 0 Å². The van der Waals surface area contributed by atoms with Gasteiger partial charge in [-0.3, -0.25) is 0 Å². The molecule has 82 valence electrons. The molecule has 0 atom stereocenters. The first-order valence-electron chi connectivity index (χ1n) is 5.27. The number of rotatable bonds is 0. The van der Waals surface area contributed by atoms with E-state index >= 15 is 0 Å². The van der Waals surface area contributed by atoms with Crippen molar-refractivity contribution in [3.05, 3.63) is 36.5 Å². The monoisotopic (exact) mass is 224 g/mol. The van der Waals surface area contributed by atoms with Gasteiger partial charge in [-0.1, -0.05) is 0 Å². The molecule has 0 spiro atoms. The number of hydrogen-bond acceptors (Lipinski definition) is 4. The highest BCUT2D eigenvalue weighted by atomic mass is 15.3. The van der Waals surface area contributed by atoms with E-state index in [1.165, 1.54) is 0 Å². The first-order chi connectivity index (χ1) is 8.33. The fraction of sp³-hybridized carbons (Fsp3) is 0.0909. The van der Waals surface area contributed by atoms with E-state index in [-0.39, 0.29) is 0 Å². The molecule has 17 heavy (non-hydrogen) atoms. The summed E-state index contributed by atoms with van der Waals surface area (Å²) in [7, 11) is 0. The minimum absolute atomic E-state index is 0.624. The van der Waals surface area contributed by atoms with Crippen molar-refractivity contribution in [2.75, 3.05) is 0 Å². The molecule has 0 saturated carbocycles. The average molecular weight is 224 g/mol. The van der Waals surface area contributed by atoms with Crippen LogP contribution in [0.3, 0.4) is 0 Å². The summed E-state index contributed by atoms with van der Waals surface area (Å²) in [4.78, 5) is 8.56. The van der Waals surface area contributed by atoms with Crippen LogP contribution in [0.15, 0.2) is 30.7 Å². The predicted octanol–water partition coefficient (Wildman–Crippen LogP) is 1.23. The summed E-state index contributed by atoms with van der Waals surface area (Å²) in [6, 6.07) is 3.93. The Morgan fingerprint density at radius 3 is 3.06 bits per heavy atom. The van der Waals surface area contributed by atoms with E-state index in [1.54, 1.807) is 10.7 Å². The van der Waals surface area contributed by atoms with Crippen molar-refractivity contribution >= 4 is 22.2 Å². The third-order valence-corrected chi connectivity index (χ3v) is 2.83. The molecule has 0 bridgehead atoms. The highest BCUT2D eigenvalue weighted by Crippen LogP contribution is 2.18. The standard InChI is InChI=1S/C11H8N6/c1-7-14-11-12-6-8-9-2-4-13-16(9)5-3-10(8)17(11)15-7/h2-6H,1H3. The lowest BCUT2D eigenvalue weighted by molar-refractivity contribution is 0.938. The van der Waals surface area contributed by atoms with Crippen LogP contribution < -0.4 is 0 Å². The van der Waals surface area contributed by atoms with Crippen molar-refractivity contribution in [2.24, 2.45) is 0 Å². The number of hydrogen-bond donors (Lipinski definition) is 0. The van der Waals surface area contributed by atoms with E-state index in [9.17, 15) is 0 Å². The second-order valence-corrected chi connectivity index (χ2v) is 3.90. The molecule has 0 fully saturated rings. The maximum atomic E-state index is 4.35. The van der Waals surface area contributed by atoms with E-state index in [2.05, 4.69) is 20.2 Å². The number of nitrogens with zero attached hydrogens (tertiary/aromatic N) is 6. The summed E-state index contributed by atoms with van der Waals surface area (Å²) in [6.07, 6.45) is 5.50. The minimum atomic E-state index is 0.624. The molecule has 4 rings (SSSR count). The van der Waals surface area contributed by atoms with Crippen LogP contribution >= 0.6 is 0 Å². The summed E-state index contributed by atoms with van der Waals surface area (Å²) in [6.45, 7) is 1.86. The zero-order valence-corrected chi connectivity index (χ0v) is 9.07. The number of aromatic nitrogens is 6. The lowest BCUT2D eigenvalue weighted by Gasteiger charge is -2.01. The molecular weight excluding hydrogens is 216 g/mol. The molecule has 4 heterocycles. The van der Waals surface area contributed by atoms with Crippen LogP contribution in [0.1, 0.15) is 5.82 Å². The molecule has 0 aliphatic heterocycles. The zero-order chi connectivity index (χ0) is 11.4. The van der Waals surface area contributed by atoms with E-state index in [4.69, 9.17) is 0 Å². The quantitative estimate of drug-likeness (QED) is 0.451. The van der Waals surface area contributed by atoms with Gasteiger partial charge in [0.1, 0.15) is 5.82 Å². The Labute approximate surface area is 95.5 Å². The van der Waals surface area contributed by atoms with Crippen LogP contribution in [0.4, 0.5) is 0 Å². The molecule has 0 amide bonds. The van der Waals surface area contributed by atoms with E-state index in [1.807, 2.05) is 36.0 Å². The van der Waals surface area contributed by atoms with Crippen LogP contribution in [0.25, 0.3) is 22.2 Å². The maximum absolute atomic E-state index is 4.35. The maximum Gasteiger partial charge on any atom is 0.252 e. The van der Waals surface area contributed by atoms with Gasteiger partial charge >= 0.3 is 0 Å². The highest BCUT2D eigenvalue weighted by molar-refractivity contribution is 5.93. The molecule has 6 heteroatoms. The Hall–Kier alpha value is -2.50. The Morgan fingerprint density at radius 2 is 2.12 bits per heavy atom. The van der Waals surface area contributed by atoms with Crippen LogP contribution in [0.2, 0.25) is 0 Å². The lowest BCUT2D eigenvalue weighted by Crippen LogP contribution is -1.96. The molecule has 6 nitrogen and oxygen atoms in total.